The zero-order valence-corrected chi connectivity index (χ0v) is 9.98. The van der Waals surface area contributed by atoms with E-state index in [2.05, 4.69) is 22.4 Å². The average molecular weight is 229 g/mol. The summed E-state index contributed by atoms with van der Waals surface area (Å²) in [5.41, 5.74) is 0. The molecule has 1 aliphatic carbocycles. The van der Waals surface area contributed by atoms with Gasteiger partial charge in [-0.3, -0.25) is 0 Å². The van der Waals surface area contributed by atoms with Crippen LogP contribution in [-0.2, 0) is 0 Å². The van der Waals surface area contributed by atoms with Crippen LogP contribution in [0.25, 0.3) is 0 Å². The Hall–Kier alpha value is -0.640. The summed E-state index contributed by atoms with van der Waals surface area (Å²) in [4.78, 5) is 0. The van der Waals surface area contributed by atoms with E-state index in [1.54, 1.807) is 0 Å². The van der Waals surface area contributed by atoms with Crippen LogP contribution >= 0.6 is 11.6 Å². The summed E-state index contributed by atoms with van der Waals surface area (Å²) in [7, 11) is 0. The first-order valence-electron chi connectivity index (χ1n) is 5.60. The normalized spacial score (nSPS) is 29.0. The fourth-order valence-electron chi connectivity index (χ4n) is 2.21. The van der Waals surface area contributed by atoms with Crippen molar-refractivity contribution in [2.24, 2.45) is 5.92 Å². The Morgan fingerprint density at radius 1 is 1.33 bits per heavy atom. The van der Waals surface area contributed by atoms with Crippen LogP contribution in [0, 0.1) is 5.92 Å². The lowest BCUT2D eigenvalue weighted by atomic mass is 9.87. The molecule has 1 heterocycles. The maximum Gasteiger partial charge on any atom is 0.169 e. The minimum atomic E-state index is -0.112. The van der Waals surface area contributed by atoms with Crippen LogP contribution in [0.5, 0.6) is 0 Å². The molecule has 84 valence electrons. The van der Waals surface area contributed by atoms with Crippen molar-refractivity contribution in [1.82, 2.24) is 20.2 Å². The number of hydrogen-bond acceptors (Lipinski definition) is 3. The van der Waals surface area contributed by atoms with E-state index in [9.17, 15) is 0 Å². The quantitative estimate of drug-likeness (QED) is 0.731. The van der Waals surface area contributed by atoms with Gasteiger partial charge in [-0.15, -0.1) is 16.7 Å². The maximum absolute atomic E-state index is 6.03. The molecule has 0 bridgehead atoms. The molecule has 0 radical (unpaired) electrons. The molecule has 1 unspecified atom stereocenters. The van der Waals surface area contributed by atoms with Gasteiger partial charge in [0.15, 0.2) is 5.82 Å². The highest BCUT2D eigenvalue weighted by Crippen LogP contribution is 2.32. The number of halogens is 1. The molecule has 1 aromatic rings. The first kappa shape index (κ1) is 10.9. The summed E-state index contributed by atoms with van der Waals surface area (Å²) < 4.78 is 1.92. The highest BCUT2D eigenvalue weighted by molar-refractivity contribution is 6.20. The Labute approximate surface area is 95.0 Å². The Morgan fingerprint density at radius 3 is 2.60 bits per heavy atom. The standard InChI is InChI=1S/C10H17ClN4/c1-7-3-5-9(6-4-7)15-10(8(2)11)12-13-14-15/h7-9H,3-6H2,1-2H3. The fourth-order valence-corrected chi connectivity index (χ4v) is 2.35. The van der Waals surface area contributed by atoms with Gasteiger partial charge < -0.3 is 0 Å². The number of rotatable bonds is 2. The van der Waals surface area contributed by atoms with Crippen LogP contribution in [-0.4, -0.2) is 20.2 Å². The molecule has 15 heavy (non-hydrogen) atoms. The van der Waals surface area contributed by atoms with Crippen LogP contribution in [0.15, 0.2) is 0 Å². The van der Waals surface area contributed by atoms with Gasteiger partial charge in [0.05, 0.1) is 11.4 Å². The van der Waals surface area contributed by atoms with E-state index in [1.807, 2.05) is 11.6 Å². The minimum Gasteiger partial charge on any atom is -0.225 e. The minimum absolute atomic E-state index is 0.112. The molecule has 2 rings (SSSR count). The molecule has 1 fully saturated rings. The molecule has 1 aliphatic rings. The van der Waals surface area contributed by atoms with E-state index in [0.29, 0.717) is 6.04 Å². The number of nitrogens with zero attached hydrogens (tertiary/aromatic N) is 4. The van der Waals surface area contributed by atoms with Gasteiger partial charge in [-0.2, -0.15) is 0 Å². The Balaban J connectivity index is 2.12. The largest absolute Gasteiger partial charge is 0.225 e. The smallest absolute Gasteiger partial charge is 0.169 e. The number of tetrazole rings is 1. The van der Waals surface area contributed by atoms with Crippen molar-refractivity contribution in [3.8, 4) is 0 Å². The lowest BCUT2D eigenvalue weighted by molar-refractivity contribution is 0.266. The Bertz CT molecular complexity index is 315. The van der Waals surface area contributed by atoms with Gasteiger partial charge in [-0.25, -0.2) is 4.68 Å². The van der Waals surface area contributed by atoms with E-state index in [0.717, 1.165) is 11.7 Å². The van der Waals surface area contributed by atoms with Crippen molar-refractivity contribution in [3.05, 3.63) is 5.82 Å². The molecular formula is C10H17ClN4. The molecule has 0 aromatic carbocycles. The van der Waals surface area contributed by atoms with Crippen LogP contribution in [0.3, 0.4) is 0 Å². The second-order valence-corrected chi connectivity index (χ2v) is 5.17. The third kappa shape index (κ3) is 2.30. The molecule has 0 spiro atoms. The van der Waals surface area contributed by atoms with Crippen LogP contribution in [0.4, 0.5) is 0 Å². The molecule has 0 N–H and O–H groups in total. The van der Waals surface area contributed by atoms with Crippen molar-refractivity contribution < 1.29 is 0 Å². The van der Waals surface area contributed by atoms with Crippen molar-refractivity contribution in [2.75, 3.05) is 0 Å². The van der Waals surface area contributed by atoms with E-state index in [1.165, 1.54) is 25.7 Å². The van der Waals surface area contributed by atoms with Gasteiger partial charge in [0, 0.05) is 0 Å². The summed E-state index contributed by atoms with van der Waals surface area (Å²) in [6, 6.07) is 0.451. The van der Waals surface area contributed by atoms with E-state index in [-0.39, 0.29) is 5.38 Å². The summed E-state index contributed by atoms with van der Waals surface area (Å²) >= 11 is 6.03. The molecule has 1 saturated carbocycles. The molecular weight excluding hydrogens is 212 g/mol. The summed E-state index contributed by atoms with van der Waals surface area (Å²) in [5.74, 6) is 1.64. The van der Waals surface area contributed by atoms with E-state index >= 15 is 0 Å². The van der Waals surface area contributed by atoms with Crippen molar-refractivity contribution in [3.63, 3.8) is 0 Å². The van der Waals surface area contributed by atoms with Gasteiger partial charge in [-0.1, -0.05) is 6.92 Å². The van der Waals surface area contributed by atoms with Crippen molar-refractivity contribution >= 4 is 11.6 Å². The molecule has 0 saturated heterocycles. The Kier molecular flexibility index (Phi) is 3.24. The van der Waals surface area contributed by atoms with Gasteiger partial charge in [0.1, 0.15) is 0 Å². The monoisotopic (exact) mass is 228 g/mol. The molecule has 1 aromatic heterocycles. The van der Waals surface area contributed by atoms with Crippen LogP contribution < -0.4 is 0 Å². The zero-order valence-electron chi connectivity index (χ0n) is 9.23. The SMILES string of the molecule is CC1CCC(n2nnnc2C(C)Cl)CC1. The van der Waals surface area contributed by atoms with Crippen LogP contribution in [0.1, 0.15) is 56.8 Å². The predicted molar refractivity (Wildman–Crippen MR) is 58.8 cm³/mol. The van der Waals surface area contributed by atoms with Gasteiger partial charge in [0.2, 0.25) is 0 Å². The number of aromatic nitrogens is 4. The summed E-state index contributed by atoms with van der Waals surface area (Å²) in [5, 5.41) is 11.6. The fraction of sp³-hybridized carbons (Fsp3) is 0.900. The second-order valence-electron chi connectivity index (χ2n) is 4.51. The topological polar surface area (TPSA) is 43.6 Å². The van der Waals surface area contributed by atoms with E-state index in [4.69, 9.17) is 11.6 Å². The highest BCUT2D eigenvalue weighted by Gasteiger charge is 2.24. The van der Waals surface area contributed by atoms with Gasteiger partial charge >= 0.3 is 0 Å². The third-order valence-electron chi connectivity index (χ3n) is 3.21. The highest BCUT2D eigenvalue weighted by atomic mass is 35.5. The van der Waals surface area contributed by atoms with Crippen molar-refractivity contribution in [2.45, 2.75) is 50.9 Å². The summed E-state index contributed by atoms with van der Waals surface area (Å²) in [6.45, 7) is 4.22. The predicted octanol–water partition coefficient (Wildman–Crippen LogP) is 2.72. The molecule has 1 atom stereocenters. The van der Waals surface area contributed by atoms with Crippen LogP contribution in [0.2, 0.25) is 0 Å². The zero-order chi connectivity index (χ0) is 10.8. The Morgan fingerprint density at radius 2 is 2.00 bits per heavy atom. The number of hydrogen-bond donors (Lipinski definition) is 0. The third-order valence-corrected chi connectivity index (χ3v) is 3.40. The van der Waals surface area contributed by atoms with Gasteiger partial charge in [0.25, 0.3) is 0 Å². The number of alkyl halides is 1. The second kappa shape index (κ2) is 4.47. The van der Waals surface area contributed by atoms with Gasteiger partial charge in [-0.05, 0) is 49.0 Å². The maximum atomic E-state index is 6.03. The molecule has 5 heteroatoms. The first-order valence-corrected chi connectivity index (χ1v) is 6.04. The average Bonchev–Trinajstić information content (AvgIpc) is 2.67. The lowest BCUT2D eigenvalue weighted by Crippen LogP contribution is -2.20. The van der Waals surface area contributed by atoms with Crippen molar-refractivity contribution in [1.29, 1.82) is 0 Å². The molecule has 0 aliphatic heterocycles. The summed E-state index contributed by atoms with van der Waals surface area (Å²) in [6.07, 6.45) is 4.87. The molecule has 0 amide bonds. The lowest BCUT2D eigenvalue weighted by Gasteiger charge is -2.26. The van der Waals surface area contributed by atoms with E-state index < -0.39 is 0 Å². The first-order chi connectivity index (χ1) is 7.18. The molecule has 4 nitrogen and oxygen atoms in total.